The molecular formula is C10H9F3N2O4. The molecule has 0 saturated carbocycles. The minimum absolute atomic E-state index is 0.494. The van der Waals surface area contributed by atoms with E-state index in [0.717, 1.165) is 6.07 Å². The fourth-order valence-electron chi connectivity index (χ4n) is 1.56. The lowest BCUT2D eigenvalue weighted by molar-refractivity contribution is -0.387. The number of benzene rings is 1. The monoisotopic (exact) mass is 278 g/mol. The topological polar surface area (TPSA) is 106 Å². The molecule has 6 nitrogen and oxygen atoms in total. The zero-order chi connectivity index (χ0) is 14.8. The number of nitrogens with zero attached hydrogens (tertiary/aromatic N) is 1. The van der Waals surface area contributed by atoms with E-state index in [9.17, 15) is 28.1 Å². The Morgan fingerprint density at radius 2 is 2.11 bits per heavy atom. The fraction of sp³-hybridized carbons (Fsp3) is 0.300. The number of rotatable bonds is 5. The maximum absolute atomic E-state index is 13.4. The fourth-order valence-corrected chi connectivity index (χ4v) is 1.56. The Hall–Kier alpha value is -2.16. The highest BCUT2D eigenvalue weighted by atomic mass is 19.3. The molecule has 1 unspecified atom stereocenters. The average molecular weight is 278 g/mol. The van der Waals surface area contributed by atoms with Crippen molar-refractivity contribution in [2.75, 3.05) is 6.61 Å². The molecule has 0 aliphatic rings. The van der Waals surface area contributed by atoms with Crippen molar-refractivity contribution in [3.8, 4) is 0 Å². The number of aliphatic hydroxyl groups excluding tert-OH is 1. The van der Waals surface area contributed by atoms with Gasteiger partial charge in [-0.15, -0.1) is 0 Å². The lowest BCUT2D eigenvalue weighted by atomic mass is 9.91. The summed E-state index contributed by atoms with van der Waals surface area (Å²) in [5.41, 5.74) is 3.20. The van der Waals surface area contributed by atoms with Crippen LogP contribution in [0.5, 0.6) is 0 Å². The SMILES string of the molecule is NC(=O)C(c1ccc(F)c([N+](=O)[O-])c1)C(F)(F)CO. The van der Waals surface area contributed by atoms with Crippen LogP contribution in [-0.2, 0) is 4.79 Å². The van der Waals surface area contributed by atoms with Crippen LogP contribution in [0, 0.1) is 15.9 Å². The Morgan fingerprint density at radius 3 is 2.53 bits per heavy atom. The van der Waals surface area contributed by atoms with Crippen molar-refractivity contribution < 1.29 is 28.0 Å². The van der Waals surface area contributed by atoms with E-state index < -0.39 is 46.3 Å². The van der Waals surface area contributed by atoms with Crippen LogP contribution in [0.1, 0.15) is 11.5 Å². The lowest BCUT2D eigenvalue weighted by Gasteiger charge is -2.22. The summed E-state index contributed by atoms with van der Waals surface area (Å²) in [7, 11) is 0. The lowest BCUT2D eigenvalue weighted by Crippen LogP contribution is -2.39. The molecular weight excluding hydrogens is 269 g/mol. The number of nitro benzene ring substituents is 1. The van der Waals surface area contributed by atoms with Gasteiger partial charge in [0.1, 0.15) is 12.5 Å². The van der Waals surface area contributed by atoms with Gasteiger partial charge in [-0.3, -0.25) is 14.9 Å². The first-order valence-electron chi connectivity index (χ1n) is 4.92. The van der Waals surface area contributed by atoms with Crippen LogP contribution >= 0.6 is 0 Å². The number of aliphatic hydroxyl groups is 1. The van der Waals surface area contributed by atoms with Crippen molar-refractivity contribution in [2.45, 2.75) is 11.8 Å². The molecule has 9 heteroatoms. The minimum atomic E-state index is -3.91. The van der Waals surface area contributed by atoms with Crippen molar-refractivity contribution in [1.29, 1.82) is 0 Å². The number of hydrogen-bond acceptors (Lipinski definition) is 4. The van der Waals surface area contributed by atoms with E-state index in [2.05, 4.69) is 0 Å². The van der Waals surface area contributed by atoms with E-state index in [1.165, 1.54) is 0 Å². The Balaban J connectivity index is 3.37. The van der Waals surface area contributed by atoms with Gasteiger partial charge in [-0.2, -0.15) is 4.39 Å². The molecule has 3 N–H and O–H groups in total. The Morgan fingerprint density at radius 1 is 1.53 bits per heavy atom. The number of nitrogens with two attached hydrogens (primary N) is 1. The summed E-state index contributed by atoms with van der Waals surface area (Å²) in [6.45, 7) is -1.67. The molecule has 1 aromatic carbocycles. The first-order valence-corrected chi connectivity index (χ1v) is 4.92. The predicted octanol–water partition coefficient (Wildman–Crippen LogP) is 0.930. The second-order valence-electron chi connectivity index (χ2n) is 3.72. The maximum atomic E-state index is 13.4. The number of halogens is 3. The van der Waals surface area contributed by atoms with Crippen molar-refractivity contribution in [3.63, 3.8) is 0 Å². The van der Waals surface area contributed by atoms with Gasteiger partial charge in [0.25, 0.3) is 5.92 Å². The summed E-state index contributed by atoms with van der Waals surface area (Å²) < 4.78 is 39.8. The van der Waals surface area contributed by atoms with Crippen molar-refractivity contribution in [2.24, 2.45) is 5.73 Å². The van der Waals surface area contributed by atoms with Crippen LogP contribution in [0.15, 0.2) is 18.2 Å². The van der Waals surface area contributed by atoms with Crippen LogP contribution in [0.25, 0.3) is 0 Å². The summed E-state index contributed by atoms with van der Waals surface area (Å²) in [4.78, 5) is 20.4. The number of amides is 1. The maximum Gasteiger partial charge on any atom is 0.305 e. The van der Waals surface area contributed by atoms with E-state index in [-0.39, 0.29) is 0 Å². The molecule has 19 heavy (non-hydrogen) atoms. The number of carbonyl (C=O) groups is 1. The number of primary amides is 1. The van der Waals surface area contributed by atoms with Gasteiger partial charge in [-0.05, 0) is 11.6 Å². The molecule has 0 aliphatic heterocycles. The summed E-state index contributed by atoms with van der Waals surface area (Å²) in [5.74, 6) is -8.90. The molecule has 0 fully saturated rings. The third kappa shape index (κ3) is 2.99. The largest absolute Gasteiger partial charge is 0.390 e. The molecule has 1 atom stereocenters. The highest BCUT2D eigenvalue weighted by molar-refractivity contribution is 5.83. The van der Waals surface area contributed by atoms with Crippen LogP contribution in [0.4, 0.5) is 18.9 Å². The molecule has 1 rings (SSSR count). The van der Waals surface area contributed by atoms with Gasteiger partial charge in [0.2, 0.25) is 11.7 Å². The highest BCUT2D eigenvalue weighted by Crippen LogP contribution is 2.35. The van der Waals surface area contributed by atoms with Gasteiger partial charge in [-0.1, -0.05) is 6.07 Å². The third-order valence-corrected chi connectivity index (χ3v) is 2.42. The standard InChI is InChI=1S/C10H9F3N2O4/c11-6-2-1-5(3-7(6)15(18)19)8(9(14)17)10(12,13)4-16/h1-3,8,16H,4H2,(H2,14,17). The van der Waals surface area contributed by atoms with Crippen LogP contribution in [-0.4, -0.2) is 28.5 Å². The van der Waals surface area contributed by atoms with Crippen molar-refractivity contribution in [3.05, 3.63) is 39.7 Å². The van der Waals surface area contributed by atoms with Gasteiger partial charge in [0.05, 0.1) is 4.92 Å². The molecule has 0 radical (unpaired) electrons. The molecule has 1 amide bonds. The Kier molecular flexibility index (Phi) is 4.10. The molecule has 104 valence electrons. The molecule has 0 spiro atoms. The van der Waals surface area contributed by atoms with Gasteiger partial charge in [-0.25, -0.2) is 8.78 Å². The van der Waals surface area contributed by atoms with E-state index >= 15 is 0 Å². The van der Waals surface area contributed by atoms with Crippen LogP contribution in [0.2, 0.25) is 0 Å². The summed E-state index contributed by atoms with van der Waals surface area (Å²) >= 11 is 0. The Bertz CT molecular complexity index is 521. The molecule has 0 aromatic heterocycles. The van der Waals surface area contributed by atoms with E-state index in [1.54, 1.807) is 0 Å². The van der Waals surface area contributed by atoms with E-state index in [0.29, 0.717) is 12.1 Å². The highest BCUT2D eigenvalue weighted by Gasteiger charge is 2.44. The summed E-state index contributed by atoms with van der Waals surface area (Å²) in [6, 6.07) is 1.85. The van der Waals surface area contributed by atoms with Crippen LogP contribution in [0.3, 0.4) is 0 Å². The van der Waals surface area contributed by atoms with Gasteiger partial charge in [0, 0.05) is 6.07 Å². The normalized spacial score (nSPS) is 13.1. The summed E-state index contributed by atoms with van der Waals surface area (Å²) in [5, 5.41) is 19.0. The number of alkyl halides is 2. The van der Waals surface area contributed by atoms with Crippen molar-refractivity contribution >= 4 is 11.6 Å². The molecule has 0 saturated heterocycles. The summed E-state index contributed by atoms with van der Waals surface area (Å²) in [6.07, 6.45) is 0. The first kappa shape index (κ1) is 14.9. The zero-order valence-corrected chi connectivity index (χ0v) is 9.35. The number of nitro groups is 1. The number of hydrogen-bond donors (Lipinski definition) is 2. The van der Waals surface area contributed by atoms with Crippen molar-refractivity contribution in [1.82, 2.24) is 0 Å². The van der Waals surface area contributed by atoms with E-state index in [4.69, 9.17) is 10.8 Å². The van der Waals surface area contributed by atoms with Gasteiger partial charge < -0.3 is 10.8 Å². The molecule has 0 aliphatic carbocycles. The minimum Gasteiger partial charge on any atom is -0.390 e. The zero-order valence-electron chi connectivity index (χ0n) is 9.35. The molecule has 0 bridgehead atoms. The average Bonchev–Trinajstić information content (AvgIpc) is 2.30. The first-order chi connectivity index (χ1) is 8.70. The molecule has 0 heterocycles. The second-order valence-corrected chi connectivity index (χ2v) is 3.72. The molecule has 1 aromatic rings. The van der Waals surface area contributed by atoms with E-state index in [1.807, 2.05) is 0 Å². The smallest absolute Gasteiger partial charge is 0.305 e. The number of carbonyl (C=O) groups excluding carboxylic acids is 1. The Labute approximate surface area is 104 Å². The quantitative estimate of drug-likeness (QED) is 0.617. The third-order valence-electron chi connectivity index (χ3n) is 2.42. The van der Waals surface area contributed by atoms with Crippen LogP contribution < -0.4 is 5.73 Å². The second kappa shape index (κ2) is 5.22. The van der Waals surface area contributed by atoms with Gasteiger partial charge in [0.15, 0.2) is 0 Å². The van der Waals surface area contributed by atoms with Gasteiger partial charge >= 0.3 is 5.69 Å². The predicted molar refractivity (Wildman–Crippen MR) is 57.0 cm³/mol.